The second kappa shape index (κ2) is 9.51. The zero-order valence-corrected chi connectivity index (χ0v) is 21.2. The van der Waals surface area contributed by atoms with E-state index >= 15 is 0 Å². The standard InChI is InChI=1S/C29H35FN4O2/c1-3-36-29(35)19-6-8-23(9-7-19)34-12-10-18(11-13-34)24-15-25-26-21(17-33(25)2)5-4-20-14-22(30)16-31-27(20)28(26)32-24/h4-5,10,14,16-17,19,23-25,32H,3,6-9,11-13,15H2,1-2H3. The molecule has 0 amide bonds. The Labute approximate surface area is 212 Å². The van der Waals surface area contributed by atoms with Gasteiger partial charge in [0, 0.05) is 49.6 Å². The number of likely N-dealkylation sites (N-methyl/N-ethyl adjacent to an activating group) is 1. The lowest BCUT2D eigenvalue weighted by atomic mass is 9.83. The van der Waals surface area contributed by atoms with Crippen LogP contribution < -0.4 is 5.32 Å². The van der Waals surface area contributed by atoms with Gasteiger partial charge in [0.05, 0.1) is 36.2 Å². The van der Waals surface area contributed by atoms with Crippen molar-refractivity contribution in [1.29, 1.82) is 0 Å². The minimum absolute atomic E-state index is 0.0177. The second-order valence-electron chi connectivity index (χ2n) is 10.7. The van der Waals surface area contributed by atoms with Gasteiger partial charge in [-0.25, -0.2) is 4.39 Å². The van der Waals surface area contributed by atoms with Gasteiger partial charge in [0.15, 0.2) is 0 Å². The van der Waals surface area contributed by atoms with Gasteiger partial charge >= 0.3 is 5.97 Å². The van der Waals surface area contributed by atoms with Gasteiger partial charge in [-0.15, -0.1) is 0 Å². The molecular formula is C29H35FN4O2. The summed E-state index contributed by atoms with van der Waals surface area (Å²) in [5.41, 5.74) is 6.63. The Morgan fingerprint density at radius 2 is 2.08 bits per heavy atom. The quantitative estimate of drug-likeness (QED) is 0.503. The number of allylic oxidation sites excluding steroid dienone is 1. The van der Waals surface area contributed by atoms with E-state index in [2.05, 4.69) is 45.5 Å². The SMILES string of the molecule is CCOC(=O)C1CCC(N2CC=C(C3CC4C5=C(N3)c3ncc(F)cc3C=CC5=CN4C)CC2)CC1. The van der Waals surface area contributed by atoms with Crippen LogP contribution in [0.3, 0.4) is 0 Å². The number of rotatable bonds is 4. The van der Waals surface area contributed by atoms with Crippen molar-refractivity contribution in [2.45, 2.75) is 63.6 Å². The average molecular weight is 491 g/mol. The number of aromatic nitrogens is 1. The van der Waals surface area contributed by atoms with Crippen molar-refractivity contribution in [2.24, 2.45) is 5.92 Å². The summed E-state index contributed by atoms with van der Waals surface area (Å²) in [4.78, 5) is 21.5. The van der Waals surface area contributed by atoms with E-state index < -0.39 is 0 Å². The molecule has 2 atom stereocenters. The number of esters is 1. The molecule has 6 rings (SSSR count). The van der Waals surface area contributed by atoms with Crippen LogP contribution in [0.15, 0.2) is 47.3 Å². The van der Waals surface area contributed by atoms with Crippen LogP contribution in [0.25, 0.3) is 11.8 Å². The van der Waals surface area contributed by atoms with E-state index in [1.54, 1.807) is 6.07 Å². The topological polar surface area (TPSA) is 57.7 Å². The number of ether oxygens (including phenoxy) is 1. The Balaban J connectivity index is 1.17. The Morgan fingerprint density at radius 1 is 1.25 bits per heavy atom. The summed E-state index contributed by atoms with van der Waals surface area (Å²) in [5, 5.41) is 3.84. The van der Waals surface area contributed by atoms with Crippen LogP contribution >= 0.6 is 0 Å². The van der Waals surface area contributed by atoms with Crippen LogP contribution in [-0.2, 0) is 9.53 Å². The first-order valence-corrected chi connectivity index (χ1v) is 13.4. The summed E-state index contributed by atoms with van der Waals surface area (Å²) < 4.78 is 19.2. The maximum atomic E-state index is 14.0. The summed E-state index contributed by atoms with van der Waals surface area (Å²) in [5.74, 6) is -0.250. The molecule has 4 heterocycles. The van der Waals surface area contributed by atoms with E-state index in [9.17, 15) is 9.18 Å². The molecule has 7 heteroatoms. The first kappa shape index (κ1) is 23.5. The van der Waals surface area contributed by atoms with Gasteiger partial charge in [-0.3, -0.25) is 14.7 Å². The summed E-state index contributed by atoms with van der Waals surface area (Å²) in [6.07, 6.45) is 16.1. The number of halogens is 1. The Bertz CT molecular complexity index is 1180. The van der Waals surface area contributed by atoms with Crippen LogP contribution in [0, 0.1) is 11.7 Å². The lowest BCUT2D eigenvalue weighted by molar-refractivity contribution is -0.149. The zero-order valence-electron chi connectivity index (χ0n) is 21.2. The van der Waals surface area contributed by atoms with Gasteiger partial charge in [0.1, 0.15) is 5.82 Å². The van der Waals surface area contributed by atoms with Crippen LogP contribution in [0.4, 0.5) is 4.39 Å². The monoisotopic (exact) mass is 490 g/mol. The predicted octanol–water partition coefficient (Wildman–Crippen LogP) is 4.27. The number of nitrogens with one attached hydrogen (secondary N) is 1. The fourth-order valence-corrected chi connectivity index (χ4v) is 6.73. The molecule has 0 bridgehead atoms. The molecule has 2 unspecified atom stereocenters. The van der Waals surface area contributed by atoms with Crippen LogP contribution in [0.5, 0.6) is 0 Å². The third kappa shape index (κ3) is 4.17. The molecule has 1 aromatic heterocycles. The number of nitrogens with zero attached hydrogens (tertiary/aromatic N) is 3. The Hall–Kier alpha value is -2.93. The number of carbonyl (C=O) groups is 1. The van der Waals surface area contributed by atoms with E-state index in [-0.39, 0.29) is 23.7 Å². The molecule has 1 fully saturated rings. The minimum Gasteiger partial charge on any atom is -0.466 e. The van der Waals surface area contributed by atoms with Crippen molar-refractivity contribution in [3.8, 4) is 0 Å². The van der Waals surface area contributed by atoms with Crippen molar-refractivity contribution < 1.29 is 13.9 Å². The number of carbonyl (C=O) groups excluding carboxylic acids is 1. The van der Waals surface area contributed by atoms with Gasteiger partial charge in [-0.05, 0) is 62.7 Å². The largest absolute Gasteiger partial charge is 0.466 e. The van der Waals surface area contributed by atoms with Gasteiger partial charge in [-0.2, -0.15) is 0 Å². The first-order valence-electron chi connectivity index (χ1n) is 13.4. The third-order valence-corrected chi connectivity index (χ3v) is 8.64. The van der Waals surface area contributed by atoms with Crippen molar-refractivity contribution in [1.82, 2.24) is 20.1 Å². The molecule has 0 saturated heterocycles. The van der Waals surface area contributed by atoms with Crippen LogP contribution in [0.2, 0.25) is 0 Å². The van der Waals surface area contributed by atoms with E-state index in [4.69, 9.17) is 4.74 Å². The molecule has 1 saturated carbocycles. The fourth-order valence-electron chi connectivity index (χ4n) is 6.73. The molecule has 0 aromatic carbocycles. The number of hydrogen-bond acceptors (Lipinski definition) is 6. The summed E-state index contributed by atoms with van der Waals surface area (Å²) in [7, 11) is 2.15. The maximum absolute atomic E-state index is 14.0. The van der Waals surface area contributed by atoms with Gasteiger partial charge in [-0.1, -0.05) is 18.2 Å². The van der Waals surface area contributed by atoms with Gasteiger partial charge in [0.25, 0.3) is 0 Å². The molecule has 3 aliphatic heterocycles. The Morgan fingerprint density at radius 3 is 2.83 bits per heavy atom. The number of pyridine rings is 1. The predicted molar refractivity (Wildman–Crippen MR) is 138 cm³/mol. The Kier molecular flexibility index (Phi) is 6.20. The zero-order chi connectivity index (χ0) is 24.8. The molecule has 36 heavy (non-hydrogen) atoms. The van der Waals surface area contributed by atoms with Crippen molar-refractivity contribution in [3.05, 3.63) is 64.4 Å². The van der Waals surface area contributed by atoms with E-state index in [0.29, 0.717) is 18.7 Å². The molecule has 6 nitrogen and oxygen atoms in total. The molecule has 2 aliphatic carbocycles. The van der Waals surface area contributed by atoms with Crippen molar-refractivity contribution >= 4 is 17.7 Å². The highest BCUT2D eigenvalue weighted by Gasteiger charge is 2.40. The summed E-state index contributed by atoms with van der Waals surface area (Å²) in [6, 6.07) is 2.66. The highest BCUT2D eigenvalue weighted by atomic mass is 19.1. The summed E-state index contributed by atoms with van der Waals surface area (Å²) in [6.45, 7) is 4.35. The minimum atomic E-state index is -0.308. The highest BCUT2D eigenvalue weighted by Crippen LogP contribution is 2.43. The second-order valence-corrected chi connectivity index (χ2v) is 10.7. The molecule has 190 valence electrons. The highest BCUT2D eigenvalue weighted by molar-refractivity contribution is 5.83. The van der Waals surface area contributed by atoms with Crippen LogP contribution in [0.1, 0.15) is 56.7 Å². The van der Waals surface area contributed by atoms with Crippen LogP contribution in [-0.4, -0.2) is 65.6 Å². The molecule has 1 aromatic rings. The molecule has 0 spiro atoms. The normalized spacial score (nSPS) is 29.6. The lowest BCUT2D eigenvalue weighted by Gasteiger charge is -2.41. The van der Waals surface area contributed by atoms with Crippen molar-refractivity contribution in [3.63, 3.8) is 0 Å². The smallest absolute Gasteiger partial charge is 0.308 e. The lowest BCUT2D eigenvalue weighted by Crippen LogP contribution is -2.46. The number of fused-ring (bicyclic) bond motifs is 2. The molecule has 1 N–H and O–H groups in total. The average Bonchev–Trinajstić information content (AvgIpc) is 3.14. The van der Waals surface area contributed by atoms with E-state index in [0.717, 1.165) is 68.6 Å². The van der Waals surface area contributed by atoms with E-state index in [1.807, 2.05) is 13.0 Å². The van der Waals surface area contributed by atoms with Gasteiger partial charge < -0.3 is 15.0 Å². The third-order valence-electron chi connectivity index (χ3n) is 8.64. The molecule has 0 radical (unpaired) electrons. The molecule has 5 aliphatic rings. The summed E-state index contributed by atoms with van der Waals surface area (Å²) >= 11 is 0. The van der Waals surface area contributed by atoms with E-state index in [1.165, 1.54) is 22.9 Å². The van der Waals surface area contributed by atoms with Crippen molar-refractivity contribution in [2.75, 3.05) is 26.7 Å². The fraction of sp³-hybridized carbons (Fsp3) is 0.517. The van der Waals surface area contributed by atoms with Gasteiger partial charge in [0.2, 0.25) is 0 Å². The maximum Gasteiger partial charge on any atom is 0.308 e. The number of hydrogen-bond donors (Lipinski definition) is 1. The molecular weight excluding hydrogens is 455 g/mol. The first-order chi connectivity index (χ1) is 17.5.